The standard InChI is InChI=1S/C12H8ClN3/c13-11-4-2-8-7-9(1-3-10(8)16-11)12-14-5-6-15-12/h1-7H,(H,14,15). The van der Waals surface area contributed by atoms with E-state index in [1.54, 1.807) is 18.5 Å². The molecule has 0 atom stereocenters. The third kappa shape index (κ3) is 1.55. The van der Waals surface area contributed by atoms with Crippen molar-refractivity contribution >= 4 is 22.5 Å². The normalized spacial score (nSPS) is 10.8. The lowest BCUT2D eigenvalue weighted by Crippen LogP contribution is -1.83. The van der Waals surface area contributed by atoms with Crippen LogP contribution in [0.4, 0.5) is 0 Å². The number of benzene rings is 1. The van der Waals surface area contributed by atoms with Crippen LogP contribution in [0.5, 0.6) is 0 Å². The maximum Gasteiger partial charge on any atom is 0.137 e. The summed E-state index contributed by atoms with van der Waals surface area (Å²) in [6, 6.07) is 9.70. The summed E-state index contributed by atoms with van der Waals surface area (Å²) in [7, 11) is 0. The molecule has 0 radical (unpaired) electrons. The van der Waals surface area contributed by atoms with E-state index in [0.29, 0.717) is 5.15 Å². The maximum atomic E-state index is 5.83. The van der Waals surface area contributed by atoms with Crippen LogP contribution in [0.2, 0.25) is 5.15 Å². The van der Waals surface area contributed by atoms with E-state index in [9.17, 15) is 0 Å². The number of nitrogens with zero attached hydrogens (tertiary/aromatic N) is 2. The van der Waals surface area contributed by atoms with E-state index < -0.39 is 0 Å². The van der Waals surface area contributed by atoms with Gasteiger partial charge in [0.15, 0.2) is 0 Å². The van der Waals surface area contributed by atoms with Crippen molar-refractivity contribution in [2.45, 2.75) is 0 Å². The van der Waals surface area contributed by atoms with Crippen LogP contribution in [0.15, 0.2) is 42.7 Å². The minimum absolute atomic E-state index is 0.512. The zero-order chi connectivity index (χ0) is 11.0. The molecule has 3 rings (SSSR count). The van der Waals surface area contributed by atoms with Crippen molar-refractivity contribution in [2.24, 2.45) is 0 Å². The molecule has 0 bridgehead atoms. The average molecular weight is 230 g/mol. The molecule has 0 amide bonds. The molecule has 16 heavy (non-hydrogen) atoms. The van der Waals surface area contributed by atoms with Gasteiger partial charge < -0.3 is 4.98 Å². The fraction of sp³-hybridized carbons (Fsp3) is 0. The molecular formula is C12H8ClN3. The number of nitrogens with one attached hydrogen (secondary N) is 1. The van der Waals surface area contributed by atoms with Gasteiger partial charge in [-0.2, -0.15) is 0 Å². The molecule has 0 spiro atoms. The lowest BCUT2D eigenvalue weighted by atomic mass is 10.1. The molecule has 3 nitrogen and oxygen atoms in total. The van der Waals surface area contributed by atoms with E-state index >= 15 is 0 Å². The summed E-state index contributed by atoms with van der Waals surface area (Å²) in [6.45, 7) is 0. The van der Waals surface area contributed by atoms with Crippen molar-refractivity contribution in [2.75, 3.05) is 0 Å². The first-order chi connectivity index (χ1) is 7.83. The highest BCUT2D eigenvalue weighted by Crippen LogP contribution is 2.21. The monoisotopic (exact) mass is 229 g/mol. The lowest BCUT2D eigenvalue weighted by Gasteiger charge is -2.00. The Kier molecular flexibility index (Phi) is 2.11. The largest absolute Gasteiger partial charge is 0.345 e. The predicted octanol–water partition coefficient (Wildman–Crippen LogP) is 3.28. The summed E-state index contributed by atoms with van der Waals surface area (Å²) in [5.41, 5.74) is 1.93. The second-order valence-corrected chi connectivity index (χ2v) is 3.87. The van der Waals surface area contributed by atoms with Crippen LogP contribution in [-0.2, 0) is 0 Å². The Morgan fingerprint density at radius 1 is 1.12 bits per heavy atom. The number of H-pyrrole nitrogens is 1. The van der Waals surface area contributed by atoms with Gasteiger partial charge in [-0.1, -0.05) is 11.6 Å². The number of rotatable bonds is 1. The maximum absolute atomic E-state index is 5.83. The van der Waals surface area contributed by atoms with Crippen molar-refractivity contribution in [1.82, 2.24) is 15.0 Å². The third-order valence-electron chi connectivity index (χ3n) is 2.43. The first kappa shape index (κ1) is 9.36. The van der Waals surface area contributed by atoms with Crippen LogP contribution in [0.3, 0.4) is 0 Å². The van der Waals surface area contributed by atoms with E-state index in [4.69, 9.17) is 11.6 Å². The number of aromatic amines is 1. The predicted molar refractivity (Wildman–Crippen MR) is 64.3 cm³/mol. The molecular weight excluding hydrogens is 222 g/mol. The van der Waals surface area contributed by atoms with Crippen molar-refractivity contribution in [3.8, 4) is 11.4 Å². The molecule has 0 aliphatic heterocycles. The average Bonchev–Trinajstić information content (AvgIpc) is 2.82. The summed E-state index contributed by atoms with van der Waals surface area (Å²) in [5.74, 6) is 0.858. The van der Waals surface area contributed by atoms with Crippen molar-refractivity contribution < 1.29 is 0 Å². The Morgan fingerprint density at radius 2 is 2.06 bits per heavy atom. The molecule has 2 aromatic heterocycles. The summed E-state index contributed by atoms with van der Waals surface area (Å²) in [6.07, 6.45) is 3.54. The summed E-state index contributed by atoms with van der Waals surface area (Å²) < 4.78 is 0. The van der Waals surface area contributed by atoms with Crippen LogP contribution < -0.4 is 0 Å². The van der Waals surface area contributed by atoms with E-state index in [0.717, 1.165) is 22.3 Å². The quantitative estimate of drug-likeness (QED) is 0.651. The van der Waals surface area contributed by atoms with E-state index in [-0.39, 0.29) is 0 Å². The second-order valence-electron chi connectivity index (χ2n) is 3.48. The van der Waals surface area contributed by atoms with Crippen molar-refractivity contribution in [1.29, 1.82) is 0 Å². The molecule has 0 fully saturated rings. The van der Waals surface area contributed by atoms with Gasteiger partial charge in [-0.15, -0.1) is 0 Å². The van der Waals surface area contributed by atoms with Crippen LogP contribution in [0.25, 0.3) is 22.3 Å². The van der Waals surface area contributed by atoms with Gasteiger partial charge in [-0.05, 0) is 30.3 Å². The Morgan fingerprint density at radius 3 is 2.88 bits per heavy atom. The molecule has 2 heterocycles. The number of halogens is 1. The van der Waals surface area contributed by atoms with Crippen molar-refractivity contribution in [3.05, 3.63) is 47.9 Å². The van der Waals surface area contributed by atoms with E-state index in [2.05, 4.69) is 15.0 Å². The first-order valence-corrected chi connectivity index (χ1v) is 5.27. The van der Waals surface area contributed by atoms with E-state index in [1.807, 2.05) is 24.3 Å². The number of pyridine rings is 1. The SMILES string of the molecule is Clc1ccc2cc(-c3ncc[nH]3)ccc2n1. The van der Waals surface area contributed by atoms with Crippen LogP contribution in [0, 0.1) is 0 Å². The molecule has 0 aliphatic carbocycles. The number of hydrogen-bond acceptors (Lipinski definition) is 2. The minimum Gasteiger partial charge on any atom is -0.345 e. The van der Waals surface area contributed by atoms with Gasteiger partial charge in [0.05, 0.1) is 5.52 Å². The highest BCUT2D eigenvalue weighted by Gasteiger charge is 2.02. The zero-order valence-corrected chi connectivity index (χ0v) is 9.07. The van der Waals surface area contributed by atoms with Gasteiger partial charge in [0, 0.05) is 23.3 Å². The van der Waals surface area contributed by atoms with Gasteiger partial charge in [0.1, 0.15) is 11.0 Å². The molecule has 3 aromatic rings. The Hall–Kier alpha value is -1.87. The van der Waals surface area contributed by atoms with Crippen LogP contribution in [0.1, 0.15) is 0 Å². The summed E-state index contributed by atoms with van der Waals surface area (Å²) in [5, 5.41) is 1.57. The number of fused-ring (bicyclic) bond motifs is 1. The molecule has 0 saturated carbocycles. The smallest absolute Gasteiger partial charge is 0.137 e. The van der Waals surface area contributed by atoms with Crippen LogP contribution >= 0.6 is 11.6 Å². The fourth-order valence-corrected chi connectivity index (χ4v) is 1.83. The van der Waals surface area contributed by atoms with Crippen LogP contribution in [-0.4, -0.2) is 15.0 Å². The Labute approximate surface area is 97.1 Å². The van der Waals surface area contributed by atoms with E-state index in [1.165, 1.54) is 0 Å². The third-order valence-corrected chi connectivity index (χ3v) is 2.64. The second kappa shape index (κ2) is 3.61. The fourth-order valence-electron chi connectivity index (χ4n) is 1.67. The molecule has 1 aromatic carbocycles. The molecule has 0 unspecified atom stereocenters. The first-order valence-electron chi connectivity index (χ1n) is 4.89. The minimum atomic E-state index is 0.512. The Balaban J connectivity index is 2.20. The number of imidazole rings is 1. The summed E-state index contributed by atoms with van der Waals surface area (Å²) >= 11 is 5.83. The van der Waals surface area contributed by atoms with Gasteiger partial charge in [0.25, 0.3) is 0 Å². The molecule has 78 valence electrons. The Bertz CT molecular complexity index is 632. The molecule has 1 N–H and O–H groups in total. The number of hydrogen-bond donors (Lipinski definition) is 1. The van der Waals surface area contributed by atoms with Gasteiger partial charge in [0.2, 0.25) is 0 Å². The molecule has 4 heteroatoms. The van der Waals surface area contributed by atoms with Crippen molar-refractivity contribution in [3.63, 3.8) is 0 Å². The number of aromatic nitrogens is 3. The summed E-state index contributed by atoms with van der Waals surface area (Å²) in [4.78, 5) is 11.5. The van der Waals surface area contributed by atoms with Gasteiger partial charge in [-0.25, -0.2) is 9.97 Å². The van der Waals surface area contributed by atoms with Gasteiger partial charge >= 0.3 is 0 Å². The topological polar surface area (TPSA) is 41.6 Å². The van der Waals surface area contributed by atoms with Gasteiger partial charge in [-0.3, -0.25) is 0 Å². The molecule has 0 aliphatic rings. The lowest BCUT2D eigenvalue weighted by molar-refractivity contribution is 1.31. The highest BCUT2D eigenvalue weighted by atomic mass is 35.5. The molecule has 0 saturated heterocycles. The highest BCUT2D eigenvalue weighted by molar-refractivity contribution is 6.29. The zero-order valence-electron chi connectivity index (χ0n) is 8.31.